The van der Waals surface area contributed by atoms with Crippen molar-refractivity contribution in [3.05, 3.63) is 218 Å². The van der Waals surface area contributed by atoms with Gasteiger partial charge in [-0.2, -0.15) is 18.6 Å². The third-order valence-electron chi connectivity index (χ3n) is 12.2. The zero-order valence-corrected chi connectivity index (χ0v) is 40.4. The van der Waals surface area contributed by atoms with Crippen LogP contribution in [0.4, 0.5) is 5.69 Å². The number of aliphatic imine (C=N–C) groups is 1. The van der Waals surface area contributed by atoms with Crippen LogP contribution in [-0.2, 0) is 20.1 Å². The molecule has 1 atom stereocenters. The van der Waals surface area contributed by atoms with E-state index >= 15 is 0 Å². The van der Waals surface area contributed by atoms with E-state index in [-0.39, 0.29) is 20.1 Å². The molecule has 3 heterocycles. The zero-order chi connectivity index (χ0) is 42.3. The van der Waals surface area contributed by atoms with Gasteiger partial charge in [0.25, 0.3) is 0 Å². The summed E-state index contributed by atoms with van der Waals surface area (Å²) >= 11 is -3.41. The number of hydrogen-bond acceptors (Lipinski definition) is 2. The second-order valence-electron chi connectivity index (χ2n) is 16.8. The number of para-hydroxylation sites is 1. The molecule has 0 saturated heterocycles. The molecule has 1 unspecified atom stereocenters. The minimum absolute atomic E-state index is 0. The van der Waals surface area contributed by atoms with E-state index in [9.17, 15) is 0 Å². The van der Waals surface area contributed by atoms with Gasteiger partial charge in [0.05, 0.1) is 11.9 Å². The van der Waals surface area contributed by atoms with Gasteiger partial charge in [0, 0.05) is 7.05 Å². The average Bonchev–Trinajstić information content (AvgIpc) is 3.82. The van der Waals surface area contributed by atoms with Crippen LogP contribution in [0.2, 0.25) is 5.76 Å². The first kappa shape index (κ1) is 42.8. The first-order valence-corrected chi connectivity index (χ1v) is 26.5. The van der Waals surface area contributed by atoms with Crippen molar-refractivity contribution in [2.24, 2.45) is 4.99 Å². The van der Waals surface area contributed by atoms with Gasteiger partial charge in [0.1, 0.15) is 0 Å². The maximum atomic E-state index is 6.84. The number of pyridine rings is 1. The Balaban J connectivity index is 0.000000300. The molecule has 0 amide bonds. The van der Waals surface area contributed by atoms with Crippen LogP contribution in [0.15, 0.2) is 185 Å². The summed E-state index contributed by atoms with van der Waals surface area (Å²) in [7, 11) is 3.93. The summed E-state index contributed by atoms with van der Waals surface area (Å²) in [5, 5.41) is 2.24. The van der Waals surface area contributed by atoms with Crippen LogP contribution in [0.1, 0.15) is 61.8 Å². The van der Waals surface area contributed by atoms with Crippen molar-refractivity contribution < 1.29 is 29.1 Å². The molecule has 10 rings (SSSR count). The third-order valence-corrected chi connectivity index (χ3v) is 21.4. The van der Waals surface area contributed by atoms with Gasteiger partial charge in [0.2, 0.25) is 0 Å². The fourth-order valence-corrected chi connectivity index (χ4v) is 19.1. The summed E-state index contributed by atoms with van der Waals surface area (Å²) < 4.78 is 12.8. The molecule has 62 heavy (non-hydrogen) atoms. The quantitative estimate of drug-likeness (QED) is 0.0888. The van der Waals surface area contributed by atoms with Crippen molar-refractivity contribution in [1.82, 2.24) is 0 Å². The van der Waals surface area contributed by atoms with Crippen LogP contribution in [0.5, 0.6) is 0 Å². The number of furan rings is 1. The van der Waals surface area contributed by atoms with E-state index in [4.69, 9.17) is 9.41 Å². The van der Waals surface area contributed by atoms with Crippen molar-refractivity contribution in [3.8, 4) is 33.5 Å². The summed E-state index contributed by atoms with van der Waals surface area (Å²) in [4.78, 5) is 5.53. The molecule has 2 aromatic heterocycles. The number of aromatic nitrogens is 1. The van der Waals surface area contributed by atoms with Crippen LogP contribution in [0, 0.1) is 20.0 Å². The van der Waals surface area contributed by atoms with Crippen molar-refractivity contribution in [1.29, 1.82) is 0 Å². The number of fused-ring (bicyclic) bond motifs is 4. The van der Waals surface area contributed by atoms with Gasteiger partial charge in [-0.15, -0.1) is 17.7 Å². The van der Waals surface area contributed by atoms with Crippen molar-refractivity contribution in [2.45, 2.75) is 45.3 Å². The molecule has 3 nitrogen and oxygen atoms in total. The fraction of sp³-hybridized carbons (Fsp3) is 0.123. The van der Waals surface area contributed by atoms with Gasteiger partial charge < -0.3 is 4.57 Å². The minimum atomic E-state index is -3.41. The minimum Gasteiger partial charge on any atom is -0.343 e. The number of rotatable bonds is 7. The smallest absolute Gasteiger partial charge is 0.343 e. The molecule has 0 fully saturated rings. The van der Waals surface area contributed by atoms with E-state index in [1.54, 1.807) is 0 Å². The van der Waals surface area contributed by atoms with Gasteiger partial charge in [-0.25, -0.2) is 0 Å². The molecule has 5 heteroatoms. The van der Waals surface area contributed by atoms with Gasteiger partial charge >= 0.3 is 301 Å². The summed E-state index contributed by atoms with van der Waals surface area (Å²) in [6, 6.07) is 63.6. The predicted octanol–water partition coefficient (Wildman–Crippen LogP) is 13.3. The molecule has 1 aliphatic heterocycles. The van der Waals surface area contributed by atoms with Gasteiger partial charge in [-0.3, -0.25) is 0 Å². The van der Waals surface area contributed by atoms with E-state index < -0.39 is 13.3 Å². The molecule has 306 valence electrons. The largest absolute Gasteiger partial charge is 3.00 e. The molecule has 0 N–H and O–H groups in total. The van der Waals surface area contributed by atoms with Crippen LogP contribution >= 0.6 is 0 Å². The molecule has 0 radical (unpaired) electrons. The Hall–Kier alpha value is -5.91. The molecule has 0 bridgehead atoms. The summed E-state index contributed by atoms with van der Waals surface area (Å²) in [5.74, 6) is 3.26. The Kier molecular flexibility index (Phi) is 12.3. The molecule has 0 spiro atoms. The topological polar surface area (TPSA) is 29.4 Å². The van der Waals surface area contributed by atoms with E-state index in [1.165, 1.54) is 41.2 Å². The fourth-order valence-electron chi connectivity index (χ4n) is 9.10. The Morgan fingerprint density at radius 1 is 0.629 bits per heavy atom. The van der Waals surface area contributed by atoms with Gasteiger partial charge in [0.15, 0.2) is 0 Å². The SMILES string of the molecule is CC(C)c1cc(-c2ccccc2)cc(C(C)C)[c]1[Ge]1([CH3])[C](c2[c-]ccc3c2oc2cc(-c4ccccc4)ccc23)=Nc2cccc[c]21.[CH2-]c1ccccc1-c1cccc[n+]1[CH2-].[Ir+3]. The molecular formula is C57H50GeIrN2O+. The average molecular weight is 1040 g/mol. The van der Waals surface area contributed by atoms with E-state index in [0.717, 1.165) is 55.6 Å². The summed E-state index contributed by atoms with van der Waals surface area (Å²) in [6.07, 6.45) is 1.93. The summed E-state index contributed by atoms with van der Waals surface area (Å²) in [6.45, 7) is 13.4. The van der Waals surface area contributed by atoms with E-state index in [1.807, 2.05) is 47.2 Å². The summed E-state index contributed by atoms with van der Waals surface area (Å²) in [5.41, 5.74) is 14.9. The van der Waals surface area contributed by atoms with Crippen LogP contribution in [0.25, 0.3) is 55.4 Å². The van der Waals surface area contributed by atoms with Gasteiger partial charge in [-0.05, 0) is 0 Å². The molecule has 7 aromatic carbocycles. The van der Waals surface area contributed by atoms with Crippen LogP contribution in [0.3, 0.4) is 0 Å². The second kappa shape index (κ2) is 17.8. The normalized spacial score (nSPS) is 14.3. The molecule has 0 saturated carbocycles. The second-order valence-corrected chi connectivity index (χ2v) is 24.7. The van der Waals surface area contributed by atoms with E-state index in [2.05, 4.69) is 187 Å². The molecule has 1 aliphatic rings. The Bertz CT molecular complexity index is 3000. The molecular weight excluding hydrogens is 993 g/mol. The molecule has 9 aromatic rings. The number of hydrogen-bond donors (Lipinski definition) is 0. The number of benzene rings is 7. The number of nitrogens with zero attached hydrogens (tertiary/aromatic N) is 2. The third kappa shape index (κ3) is 7.77. The Labute approximate surface area is 382 Å². The standard InChI is InChI=1S/C44H38GeNO.C13H12N.Ir/c1-28(2)37-25-33(31-17-10-7-11-18-31)26-38(29(3)4)42(37)45(5)39-21-12-13-22-40(39)46-44(45)36-20-14-19-35-34-24-23-32(27-41(34)47-43(35)36)30-15-8-6-9-16-30;1-11-7-3-4-8-12(11)13-9-5-6-10-14(13)2;/h6-19,21-29H,1-5H3;3-10H,1-2H2;/q2*-1;+3. The van der Waals surface area contributed by atoms with Crippen molar-refractivity contribution in [3.63, 3.8) is 0 Å². The van der Waals surface area contributed by atoms with Gasteiger partial charge in [-0.1, -0.05) is 24.3 Å². The maximum absolute atomic E-state index is 6.84. The predicted molar refractivity (Wildman–Crippen MR) is 259 cm³/mol. The first-order valence-electron chi connectivity index (χ1n) is 21.2. The van der Waals surface area contributed by atoms with E-state index in [0.29, 0.717) is 11.8 Å². The monoisotopic (exact) mass is 1050 g/mol. The van der Waals surface area contributed by atoms with Crippen LogP contribution in [-0.4, -0.2) is 17.8 Å². The first-order chi connectivity index (χ1) is 29.6. The van der Waals surface area contributed by atoms with Crippen molar-refractivity contribution in [2.75, 3.05) is 0 Å². The Morgan fingerprint density at radius 2 is 1.24 bits per heavy atom. The van der Waals surface area contributed by atoms with Crippen molar-refractivity contribution >= 4 is 54.2 Å². The maximum Gasteiger partial charge on any atom is 3.00 e. The zero-order valence-electron chi connectivity index (χ0n) is 35.9. The Morgan fingerprint density at radius 3 is 1.90 bits per heavy atom. The van der Waals surface area contributed by atoms with Crippen LogP contribution < -0.4 is 13.4 Å². The molecule has 0 aliphatic carbocycles.